The zero-order valence-electron chi connectivity index (χ0n) is 14.9. The van der Waals surface area contributed by atoms with Crippen LogP contribution in [-0.2, 0) is 11.3 Å². The first-order valence-electron chi connectivity index (χ1n) is 8.98. The molecule has 3 rings (SSSR count). The van der Waals surface area contributed by atoms with Crippen molar-refractivity contribution in [2.45, 2.75) is 58.5 Å². The van der Waals surface area contributed by atoms with Crippen LogP contribution < -0.4 is 10.9 Å². The van der Waals surface area contributed by atoms with Crippen LogP contribution in [0.25, 0.3) is 11.3 Å². The van der Waals surface area contributed by atoms with E-state index < -0.39 is 0 Å². The molecule has 0 saturated heterocycles. The van der Waals surface area contributed by atoms with Gasteiger partial charge in [0, 0.05) is 17.7 Å². The van der Waals surface area contributed by atoms with Gasteiger partial charge >= 0.3 is 0 Å². The summed E-state index contributed by atoms with van der Waals surface area (Å²) in [6.45, 7) is 4.01. The van der Waals surface area contributed by atoms with Gasteiger partial charge in [0.25, 0.3) is 5.56 Å². The van der Waals surface area contributed by atoms with E-state index in [9.17, 15) is 9.59 Å². The first-order chi connectivity index (χ1) is 12.0. The number of benzene rings is 1. The molecule has 2 aromatic rings. The maximum Gasteiger partial charge on any atom is 0.267 e. The van der Waals surface area contributed by atoms with Crippen LogP contribution in [0.4, 0.5) is 0 Å². The Morgan fingerprint density at radius 1 is 1.16 bits per heavy atom. The Kier molecular flexibility index (Phi) is 5.31. The van der Waals surface area contributed by atoms with Gasteiger partial charge in [-0.1, -0.05) is 37.0 Å². The molecule has 1 aliphatic carbocycles. The molecule has 0 spiro atoms. The second-order valence-corrected chi connectivity index (χ2v) is 6.94. The average molecular weight is 339 g/mol. The number of amides is 1. The summed E-state index contributed by atoms with van der Waals surface area (Å²) in [5, 5.41) is 7.46. The fraction of sp³-hybridized carbons (Fsp3) is 0.450. The zero-order chi connectivity index (χ0) is 17.8. The Morgan fingerprint density at radius 2 is 1.92 bits per heavy atom. The highest BCUT2D eigenvalue weighted by Crippen LogP contribution is 2.21. The van der Waals surface area contributed by atoms with Gasteiger partial charge in [0.2, 0.25) is 5.91 Å². The number of carbonyl (C=O) groups excluding carboxylic acids is 1. The molecular weight excluding hydrogens is 314 g/mol. The summed E-state index contributed by atoms with van der Waals surface area (Å²) < 4.78 is 1.26. The van der Waals surface area contributed by atoms with Gasteiger partial charge in [0.05, 0.1) is 5.69 Å². The predicted octanol–water partition coefficient (Wildman–Crippen LogP) is 2.98. The molecule has 5 heteroatoms. The highest BCUT2D eigenvalue weighted by Gasteiger charge is 2.16. The third-order valence-electron chi connectivity index (χ3n) is 4.80. The lowest BCUT2D eigenvalue weighted by Crippen LogP contribution is -2.40. The molecule has 1 heterocycles. The fourth-order valence-electron chi connectivity index (χ4n) is 3.37. The Labute approximate surface area is 148 Å². The number of nitrogens with one attached hydrogen (secondary N) is 1. The smallest absolute Gasteiger partial charge is 0.267 e. The maximum atomic E-state index is 12.3. The van der Waals surface area contributed by atoms with E-state index in [-0.39, 0.29) is 24.1 Å². The largest absolute Gasteiger partial charge is 0.352 e. The lowest BCUT2D eigenvalue weighted by Gasteiger charge is -2.22. The normalized spacial score (nSPS) is 15.1. The van der Waals surface area contributed by atoms with Gasteiger partial charge in [-0.25, -0.2) is 4.68 Å². The number of hydrogen-bond donors (Lipinski definition) is 1. The van der Waals surface area contributed by atoms with E-state index >= 15 is 0 Å². The van der Waals surface area contributed by atoms with Crippen molar-refractivity contribution in [1.82, 2.24) is 15.1 Å². The summed E-state index contributed by atoms with van der Waals surface area (Å²) in [5.41, 5.74) is 3.67. The number of rotatable bonds is 4. The molecule has 1 aliphatic rings. The van der Waals surface area contributed by atoms with Crippen molar-refractivity contribution in [3.05, 3.63) is 51.8 Å². The number of aromatic nitrogens is 2. The molecular formula is C20H25N3O2. The molecule has 0 aliphatic heterocycles. The molecule has 1 saturated carbocycles. The molecule has 1 fully saturated rings. The number of aryl methyl sites for hydroxylation is 2. The minimum atomic E-state index is -0.257. The van der Waals surface area contributed by atoms with Crippen molar-refractivity contribution in [2.24, 2.45) is 0 Å². The van der Waals surface area contributed by atoms with E-state index in [2.05, 4.69) is 16.5 Å². The second-order valence-electron chi connectivity index (χ2n) is 6.94. The van der Waals surface area contributed by atoms with E-state index in [1.165, 1.54) is 17.2 Å². The Balaban J connectivity index is 1.78. The minimum Gasteiger partial charge on any atom is -0.352 e. The van der Waals surface area contributed by atoms with Gasteiger partial charge in [-0.3, -0.25) is 9.59 Å². The summed E-state index contributed by atoms with van der Waals surface area (Å²) in [4.78, 5) is 24.4. The van der Waals surface area contributed by atoms with Crippen LogP contribution in [0.2, 0.25) is 0 Å². The monoisotopic (exact) mass is 339 g/mol. The summed E-state index contributed by atoms with van der Waals surface area (Å²) in [7, 11) is 0. The minimum absolute atomic E-state index is 0.0337. The van der Waals surface area contributed by atoms with Crippen LogP contribution in [0, 0.1) is 13.8 Å². The molecule has 0 atom stereocenters. The summed E-state index contributed by atoms with van der Waals surface area (Å²) in [6.07, 6.45) is 5.61. The predicted molar refractivity (Wildman–Crippen MR) is 98.4 cm³/mol. The van der Waals surface area contributed by atoms with E-state index in [1.54, 1.807) is 6.07 Å². The second kappa shape index (κ2) is 7.64. The highest BCUT2D eigenvalue weighted by molar-refractivity contribution is 5.76. The van der Waals surface area contributed by atoms with E-state index in [1.807, 2.05) is 26.0 Å². The lowest BCUT2D eigenvalue weighted by molar-refractivity contribution is -0.122. The average Bonchev–Trinajstić information content (AvgIpc) is 2.60. The Hall–Kier alpha value is -2.43. The molecule has 5 nitrogen and oxygen atoms in total. The van der Waals surface area contributed by atoms with Gasteiger partial charge < -0.3 is 5.32 Å². The van der Waals surface area contributed by atoms with Crippen LogP contribution in [-0.4, -0.2) is 21.7 Å². The maximum absolute atomic E-state index is 12.3. The molecule has 25 heavy (non-hydrogen) atoms. The Bertz CT molecular complexity index is 820. The van der Waals surface area contributed by atoms with Crippen LogP contribution >= 0.6 is 0 Å². The molecule has 1 amide bonds. The van der Waals surface area contributed by atoms with E-state index in [0.29, 0.717) is 5.69 Å². The standard InChI is InChI=1S/C20H25N3O2/c1-14-8-9-15(2)17(12-14)18-10-11-20(25)23(22-18)13-19(24)21-16-6-4-3-5-7-16/h8-12,16H,3-7,13H2,1-2H3,(H,21,24). The van der Waals surface area contributed by atoms with Gasteiger partial charge in [-0.05, 0) is 44.4 Å². The van der Waals surface area contributed by atoms with Crippen molar-refractivity contribution >= 4 is 5.91 Å². The zero-order valence-corrected chi connectivity index (χ0v) is 14.9. The van der Waals surface area contributed by atoms with Crippen molar-refractivity contribution in [2.75, 3.05) is 0 Å². The molecule has 0 bridgehead atoms. The van der Waals surface area contributed by atoms with Crippen LogP contribution in [0.15, 0.2) is 35.1 Å². The van der Waals surface area contributed by atoms with Crippen molar-refractivity contribution in [1.29, 1.82) is 0 Å². The first kappa shape index (κ1) is 17.4. The molecule has 132 valence electrons. The number of nitrogens with zero attached hydrogens (tertiary/aromatic N) is 2. The van der Waals surface area contributed by atoms with Crippen LogP contribution in [0.1, 0.15) is 43.2 Å². The SMILES string of the molecule is Cc1ccc(C)c(-c2ccc(=O)n(CC(=O)NC3CCCCC3)n2)c1. The van der Waals surface area contributed by atoms with Gasteiger partial charge in [0.15, 0.2) is 0 Å². The van der Waals surface area contributed by atoms with E-state index in [4.69, 9.17) is 0 Å². The van der Waals surface area contributed by atoms with Gasteiger partial charge in [-0.15, -0.1) is 0 Å². The Morgan fingerprint density at radius 3 is 2.68 bits per heavy atom. The third kappa shape index (κ3) is 4.35. The first-order valence-corrected chi connectivity index (χ1v) is 8.98. The van der Waals surface area contributed by atoms with E-state index in [0.717, 1.165) is 42.4 Å². The third-order valence-corrected chi connectivity index (χ3v) is 4.80. The summed E-state index contributed by atoms with van der Waals surface area (Å²) in [5.74, 6) is -0.139. The quantitative estimate of drug-likeness (QED) is 0.931. The lowest BCUT2D eigenvalue weighted by atomic mass is 9.95. The van der Waals surface area contributed by atoms with Crippen LogP contribution in [0.5, 0.6) is 0 Å². The van der Waals surface area contributed by atoms with Gasteiger partial charge in [0.1, 0.15) is 6.54 Å². The fourth-order valence-corrected chi connectivity index (χ4v) is 3.37. The van der Waals surface area contributed by atoms with Crippen molar-refractivity contribution in [3.8, 4) is 11.3 Å². The molecule has 0 unspecified atom stereocenters. The topological polar surface area (TPSA) is 64.0 Å². The van der Waals surface area contributed by atoms with Gasteiger partial charge in [-0.2, -0.15) is 5.10 Å². The number of hydrogen-bond acceptors (Lipinski definition) is 3. The van der Waals surface area contributed by atoms with Crippen molar-refractivity contribution < 1.29 is 4.79 Å². The molecule has 0 radical (unpaired) electrons. The summed E-state index contributed by atoms with van der Waals surface area (Å²) in [6, 6.07) is 9.58. The molecule has 1 aromatic heterocycles. The number of carbonyl (C=O) groups is 1. The molecule has 1 aromatic carbocycles. The summed E-state index contributed by atoms with van der Waals surface area (Å²) >= 11 is 0. The molecule has 1 N–H and O–H groups in total. The highest BCUT2D eigenvalue weighted by atomic mass is 16.2. The van der Waals surface area contributed by atoms with Crippen molar-refractivity contribution in [3.63, 3.8) is 0 Å². The van der Waals surface area contributed by atoms with Crippen LogP contribution in [0.3, 0.4) is 0 Å².